The quantitative estimate of drug-likeness (QED) is 0.923. The van der Waals surface area contributed by atoms with Crippen LogP contribution in [0.15, 0.2) is 21.1 Å². The number of aryl methyl sites for hydroxylation is 1. The maximum absolute atomic E-state index is 5.55. The minimum atomic E-state index is 0.291. The predicted molar refractivity (Wildman–Crippen MR) is 70.1 cm³/mol. The van der Waals surface area contributed by atoms with Gasteiger partial charge in [-0.3, -0.25) is 0 Å². The fraction of sp³-hybridized carbons (Fsp3) is 0.250. The lowest BCUT2D eigenvalue weighted by Gasteiger charge is -2.13. The number of halogens is 1. The van der Waals surface area contributed by atoms with Crippen LogP contribution >= 0.6 is 15.9 Å². The number of aromatic nitrogens is 1. The van der Waals surface area contributed by atoms with E-state index in [1.807, 2.05) is 19.9 Å². The van der Waals surface area contributed by atoms with Gasteiger partial charge in [0.15, 0.2) is 0 Å². The van der Waals surface area contributed by atoms with Crippen LogP contribution in [0, 0.1) is 13.8 Å². The summed E-state index contributed by atoms with van der Waals surface area (Å²) in [6.45, 7) is 3.97. The topological polar surface area (TPSA) is 61.3 Å². The molecule has 0 amide bonds. The normalized spacial score (nSPS) is 10.6. The highest BCUT2D eigenvalue weighted by atomic mass is 79.9. The lowest BCUT2D eigenvalue weighted by Crippen LogP contribution is -1.95. The molecule has 1 heterocycles. The highest BCUT2D eigenvalue weighted by Gasteiger charge is 2.17. The average Bonchev–Trinajstić information content (AvgIpc) is 2.69. The SMILES string of the molecule is COc1c(C)cc(Br)c(C)c1-c1cc(N)on1. The van der Waals surface area contributed by atoms with Gasteiger partial charge >= 0.3 is 0 Å². The van der Waals surface area contributed by atoms with Crippen LogP contribution < -0.4 is 10.5 Å². The lowest BCUT2D eigenvalue weighted by atomic mass is 10.0. The van der Waals surface area contributed by atoms with Crippen LogP contribution in [0.1, 0.15) is 11.1 Å². The lowest BCUT2D eigenvalue weighted by molar-refractivity contribution is 0.410. The maximum Gasteiger partial charge on any atom is 0.222 e. The van der Waals surface area contributed by atoms with Crippen LogP contribution in [0.4, 0.5) is 5.88 Å². The van der Waals surface area contributed by atoms with E-state index >= 15 is 0 Å². The van der Waals surface area contributed by atoms with Gasteiger partial charge in [0.2, 0.25) is 5.88 Å². The smallest absolute Gasteiger partial charge is 0.222 e. The first-order chi connectivity index (χ1) is 8.04. The third-order valence-corrected chi connectivity index (χ3v) is 3.47. The third kappa shape index (κ3) is 2.02. The largest absolute Gasteiger partial charge is 0.496 e. The van der Waals surface area contributed by atoms with Gasteiger partial charge in [-0.1, -0.05) is 21.1 Å². The zero-order valence-electron chi connectivity index (χ0n) is 9.87. The van der Waals surface area contributed by atoms with E-state index in [1.54, 1.807) is 13.2 Å². The molecule has 0 aliphatic rings. The number of rotatable bonds is 2. The van der Waals surface area contributed by atoms with Crippen molar-refractivity contribution in [3.8, 4) is 17.0 Å². The van der Waals surface area contributed by atoms with Crippen molar-refractivity contribution < 1.29 is 9.26 Å². The molecule has 1 aromatic heterocycles. The van der Waals surface area contributed by atoms with E-state index in [1.165, 1.54) is 0 Å². The molecule has 17 heavy (non-hydrogen) atoms. The molecular weight excluding hydrogens is 284 g/mol. The van der Waals surface area contributed by atoms with Crippen molar-refractivity contribution in [2.45, 2.75) is 13.8 Å². The number of ether oxygens (including phenoxy) is 1. The Morgan fingerprint density at radius 3 is 2.59 bits per heavy atom. The molecule has 0 unspecified atom stereocenters. The summed E-state index contributed by atoms with van der Waals surface area (Å²) in [5, 5.41) is 3.94. The molecule has 2 rings (SSSR count). The van der Waals surface area contributed by atoms with E-state index < -0.39 is 0 Å². The maximum atomic E-state index is 5.55. The van der Waals surface area contributed by atoms with E-state index in [-0.39, 0.29) is 0 Å². The van der Waals surface area contributed by atoms with Gasteiger partial charge in [-0.2, -0.15) is 0 Å². The van der Waals surface area contributed by atoms with Crippen LogP contribution in [0.5, 0.6) is 5.75 Å². The van der Waals surface area contributed by atoms with Crippen LogP contribution in [0.3, 0.4) is 0 Å². The summed E-state index contributed by atoms with van der Waals surface area (Å²) >= 11 is 3.52. The van der Waals surface area contributed by atoms with Gasteiger partial charge in [0.05, 0.1) is 12.7 Å². The zero-order chi connectivity index (χ0) is 12.6. The molecule has 0 bridgehead atoms. The second kappa shape index (κ2) is 4.41. The Balaban J connectivity index is 2.74. The molecule has 0 radical (unpaired) electrons. The molecule has 0 aliphatic carbocycles. The number of nitrogens with zero attached hydrogens (tertiary/aromatic N) is 1. The van der Waals surface area contributed by atoms with E-state index in [2.05, 4.69) is 21.1 Å². The summed E-state index contributed by atoms with van der Waals surface area (Å²) in [5.41, 5.74) is 9.21. The molecule has 1 aromatic carbocycles. The molecule has 2 aromatic rings. The van der Waals surface area contributed by atoms with E-state index in [9.17, 15) is 0 Å². The Morgan fingerprint density at radius 1 is 1.35 bits per heavy atom. The molecule has 0 fully saturated rings. The molecule has 0 spiro atoms. The standard InChI is InChI=1S/C12H13BrN2O2/c1-6-4-8(13)7(2)11(12(6)16-3)9-5-10(14)17-15-9/h4-5H,14H2,1-3H3. The van der Waals surface area contributed by atoms with Gasteiger partial charge in [-0.25, -0.2) is 0 Å². The zero-order valence-corrected chi connectivity index (χ0v) is 11.5. The second-order valence-electron chi connectivity index (χ2n) is 3.82. The van der Waals surface area contributed by atoms with E-state index in [4.69, 9.17) is 15.0 Å². The predicted octanol–water partition coefficient (Wildman–Crippen LogP) is 3.31. The Labute approximate surface area is 108 Å². The molecular formula is C12H13BrN2O2. The van der Waals surface area contributed by atoms with Gasteiger partial charge in [0, 0.05) is 10.5 Å². The van der Waals surface area contributed by atoms with Gasteiger partial charge in [-0.15, -0.1) is 0 Å². The molecule has 90 valence electrons. The number of methoxy groups -OCH3 is 1. The van der Waals surface area contributed by atoms with E-state index in [0.717, 1.165) is 26.9 Å². The summed E-state index contributed by atoms with van der Waals surface area (Å²) < 4.78 is 11.3. The van der Waals surface area contributed by atoms with Crippen LogP contribution in [0.25, 0.3) is 11.3 Å². The van der Waals surface area contributed by atoms with Crippen molar-refractivity contribution in [3.63, 3.8) is 0 Å². The third-order valence-electron chi connectivity index (χ3n) is 2.65. The minimum absolute atomic E-state index is 0.291. The van der Waals surface area contributed by atoms with Crippen molar-refractivity contribution in [3.05, 3.63) is 27.7 Å². The number of nitrogens with two attached hydrogens (primary N) is 1. The van der Waals surface area contributed by atoms with Crippen molar-refractivity contribution in [1.29, 1.82) is 0 Å². The fourth-order valence-corrected chi connectivity index (χ4v) is 2.37. The van der Waals surface area contributed by atoms with Crippen LogP contribution in [-0.4, -0.2) is 12.3 Å². The number of hydrogen-bond acceptors (Lipinski definition) is 4. The summed E-state index contributed by atoms with van der Waals surface area (Å²) in [6, 6.07) is 3.71. The molecule has 5 heteroatoms. The molecule has 4 nitrogen and oxygen atoms in total. The van der Waals surface area contributed by atoms with Crippen molar-refractivity contribution in [1.82, 2.24) is 5.16 Å². The summed E-state index contributed by atoms with van der Waals surface area (Å²) in [7, 11) is 1.64. The fourth-order valence-electron chi connectivity index (χ4n) is 1.83. The number of nitrogen functional groups attached to an aromatic ring is 1. The molecule has 0 saturated carbocycles. The van der Waals surface area contributed by atoms with Gasteiger partial charge in [-0.05, 0) is 31.0 Å². The molecule has 0 atom stereocenters. The number of anilines is 1. The monoisotopic (exact) mass is 296 g/mol. The summed E-state index contributed by atoms with van der Waals surface area (Å²) in [6.07, 6.45) is 0. The van der Waals surface area contributed by atoms with Crippen LogP contribution in [0.2, 0.25) is 0 Å². The Hall–Kier alpha value is -1.49. The van der Waals surface area contributed by atoms with Crippen molar-refractivity contribution in [2.75, 3.05) is 12.8 Å². The van der Waals surface area contributed by atoms with E-state index in [0.29, 0.717) is 11.6 Å². The Kier molecular flexibility index (Phi) is 3.11. The first-order valence-electron chi connectivity index (χ1n) is 5.11. The van der Waals surface area contributed by atoms with Crippen molar-refractivity contribution in [2.24, 2.45) is 0 Å². The summed E-state index contributed by atoms with van der Waals surface area (Å²) in [4.78, 5) is 0. The highest BCUT2D eigenvalue weighted by molar-refractivity contribution is 9.10. The Bertz CT molecular complexity index is 564. The van der Waals surface area contributed by atoms with Crippen LogP contribution in [-0.2, 0) is 0 Å². The molecule has 0 saturated heterocycles. The summed E-state index contributed by atoms with van der Waals surface area (Å²) in [5.74, 6) is 1.08. The average molecular weight is 297 g/mol. The first-order valence-corrected chi connectivity index (χ1v) is 5.90. The van der Waals surface area contributed by atoms with Gasteiger partial charge in [0.25, 0.3) is 0 Å². The Morgan fingerprint density at radius 2 is 2.06 bits per heavy atom. The highest BCUT2D eigenvalue weighted by Crippen LogP contribution is 2.39. The van der Waals surface area contributed by atoms with Gasteiger partial charge < -0.3 is 15.0 Å². The minimum Gasteiger partial charge on any atom is -0.496 e. The number of hydrogen-bond donors (Lipinski definition) is 1. The molecule has 2 N–H and O–H groups in total. The molecule has 0 aliphatic heterocycles. The second-order valence-corrected chi connectivity index (χ2v) is 4.68. The first kappa shape index (κ1) is 12.0. The number of benzene rings is 1. The van der Waals surface area contributed by atoms with Gasteiger partial charge in [0.1, 0.15) is 11.4 Å². The van der Waals surface area contributed by atoms with Crippen molar-refractivity contribution >= 4 is 21.8 Å².